The Morgan fingerprint density at radius 3 is 2.71 bits per heavy atom. The molecule has 1 amide bonds. The lowest BCUT2D eigenvalue weighted by Crippen LogP contribution is -2.26. The lowest BCUT2D eigenvalue weighted by Gasteiger charge is -2.21. The van der Waals surface area contributed by atoms with Gasteiger partial charge in [0.05, 0.1) is 5.54 Å². The van der Waals surface area contributed by atoms with Gasteiger partial charge in [-0.15, -0.1) is 11.3 Å². The van der Waals surface area contributed by atoms with E-state index < -0.39 is 0 Å². The monoisotopic (exact) mass is 347 g/mol. The fraction of sp³-hybridized carbons (Fsp3) is 0.588. The van der Waals surface area contributed by atoms with E-state index in [1.807, 2.05) is 23.9 Å². The number of nitrogens with zero attached hydrogens (tertiary/aromatic N) is 3. The molecule has 0 aliphatic carbocycles. The first kappa shape index (κ1) is 17.1. The second kappa shape index (κ2) is 6.64. The predicted molar refractivity (Wildman–Crippen MR) is 96.9 cm³/mol. The summed E-state index contributed by atoms with van der Waals surface area (Å²) in [6, 6.07) is 1.82. The zero-order chi connectivity index (χ0) is 17.3. The summed E-state index contributed by atoms with van der Waals surface area (Å²) in [5, 5.41) is 11.4. The maximum Gasteiger partial charge on any atom is 0.277 e. The summed E-state index contributed by atoms with van der Waals surface area (Å²) in [4.78, 5) is 18.1. The molecule has 2 aromatic heterocycles. The summed E-state index contributed by atoms with van der Waals surface area (Å²) in [5.74, 6) is 0.351. The van der Waals surface area contributed by atoms with Gasteiger partial charge in [0.2, 0.25) is 0 Å². The molecule has 24 heavy (non-hydrogen) atoms. The quantitative estimate of drug-likeness (QED) is 0.895. The van der Waals surface area contributed by atoms with Gasteiger partial charge in [-0.3, -0.25) is 14.8 Å². The lowest BCUT2D eigenvalue weighted by atomic mass is 9.97. The standard InChI is InChI=1S/C17H25N5OS/c1-11-9-13(21-22(11)17(2,3)4)15(23)20-16-19-10-14(24-16)12-5-7-18-8-6-12/h9-10,12,18H,5-8H2,1-4H3,(H,19,20,23). The van der Waals surface area contributed by atoms with Crippen molar-refractivity contribution in [2.75, 3.05) is 18.4 Å². The van der Waals surface area contributed by atoms with Crippen LogP contribution in [0.4, 0.5) is 5.13 Å². The van der Waals surface area contributed by atoms with Crippen molar-refractivity contribution in [2.45, 2.75) is 52.0 Å². The van der Waals surface area contributed by atoms with Crippen LogP contribution in [0.1, 0.15) is 60.6 Å². The number of hydrogen-bond acceptors (Lipinski definition) is 5. The van der Waals surface area contributed by atoms with E-state index in [0.29, 0.717) is 16.7 Å². The van der Waals surface area contributed by atoms with Crippen molar-refractivity contribution in [1.82, 2.24) is 20.1 Å². The second-order valence-electron chi connectivity index (χ2n) is 7.30. The van der Waals surface area contributed by atoms with Gasteiger partial charge in [-0.25, -0.2) is 4.98 Å². The zero-order valence-electron chi connectivity index (χ0n) is 14.7. The number of rotatable bonds is 3. The maximum atomic E-state index is 12.5. The molecule has 1 aliphatic heterocycles. The van der Waals surface area contributed by atoms with Gasteiger partial charge in [-0.1, -0.05) is 0 Å². The molecule has 0 unspecified atom stereocenters. The van der Waals surface area contributed by atoms with Crippen LogP contribution in [0.2, 0.25) is 0 Å². The summed E-state index contributed by atoms with van der Waals surface area (Å²) in [7, 11) is 0. The number of thiazole rings is 1. The first-order chi connectivity index (χ1) is 11.3. The van der Waals surface area contributed by atoms with Crippen LogP contribution in [0.3, 0.4) is 0 Å². The molecule has 3 rings (SSSR count). The number of aryl methyl sites for hydroxylation is 1. The molecule has 6 nitrogen and oxygen atoms in total. The van der Waals surface area contributed by atoms with Crippen LogP contribution in [0.5, 0.6) is 0 Å². The first-order valence-corrected chi connectivity index (χ1v) is 9.21. The smallest absolute Gasteiger partial charge is 0.277 e. The molecule has 0 saturated carbocycles. The van der Waals surface area contributed by atoms with Gasteiger partial charge in [-0.05, 0) is 65.6 Å². The average Bonchev–Trinajstić information content (AvgIpc) is 3.14. The number of aromatic nitrogens is 3. The van der Waals surface area contributed by atoms with Crippen molar-refractivity contribution in [2.24, 2.45) is 0 Å². The van der Waals surface area contributed by atoms with Gasteiger partial charge < -0.3 is 5.32 Å². The van der Waals surface area contributed by atoms with Gasteiger partial charge in [0.1, 0.15) is 0 Å². The Bertz CT molecular complexity index is 722. The van der Waals surface area contributed by atoms with Crippen molar-refractivity contribution in [3.8, 4) is 0 Å². The molecule has 0 aromatic carbocycles. The number of carbonyl (C=O) groups excluding carboxylic acids is 1. The molecule has 130 valence electrons. The van der Waals surface area contributed by atoms with E-state index in [1.54, 1.807) is 11.3 Å². The SMILES string of the molecule is Cc1cc(C(=O)Nc2ncc(C3CCNCC3)s2)nn1C(C)(C)C. The van der Waals surface area contributed by atoms with Crippen LogP contribution in [0.25, 0.3) is 0 Å². The number of nitrogens with one attached hydrogen (secondary N) is 2. The van der Waals surface area contributed by atoms with Gasteiger partial charge >= 0.3 is 0 Å². The van der Waals surface area contributed by atoms with Crippen LogP contribution in [-0.2, 0) is 5.54 Å². The van der Waals surface area contributed by atoms with Crippen molar-refractivity contribution in [1.29, 1.82) is 0 Å². The molecule has 1 aliphatic rings. The first-order valence-electron chi connectivity index (χ1n) is 8.39. The van der Waals surface area contributed by atoms with E-state index in [1.165, 1.54) is 4.88 Å². The van der Waals surface area contributed by atoms with E-state index in [4.69, 9.17) is 0 Å². The third-order valence-corrected chi connectivity index (χ3v) is 5.32. The van der Waals surface area contributed by atoms with Crippen molar-refractivity contribution >= 4 is 22.4 Å². The van der Waals surface area contributed by atoms with Crippen LogP contribution in [0, 0.1) is 6.92 Å². The van der Waals surface area contributed by atoms with Gasteiger partial charge in [-0.2, -0.15) is 5.10 Å². The molecule has 0 bridgehead atoms. The van der Waals surface area contributed by atoms with Gasteiger partial charge in [0.15, 0.2) is 10.8 Å². The molecule has 2 aromatic rings. The van der Waals surface area contributed by atoms with Crippen LogP contribution in [0.15, 0.2) is 12.3 Å². The highest BCUT2D eigenvalue weighted by atomic mass is 32.1. The Morgan fingerprint density at radius 2 is 2.08 bits per heavy atom. The summed E-state index contributed by atoms with van der Waals surface area (Å²) < 4.78 is 1.88. The fourth-order valence-corrected chi connectivity index (χ4v) is 4.05. The Labute approximate surface area is 146 Å². The van der Waals surface area contributed by atoms with Crippen LogP contribution >= 0.6 is 11.3 Å². The highest BCUT2D eigenvalue weighted by Gasteiger charge is 2.22. The summed E-state index contributed by atoms with van der Waals surface area (Å²) in [6.45, 7) is 10.3. The minimum absolute atomic E-state index is 0.147. The maximum absolute atomic E-state index is 12.5. The molecule has 0 spiro atoms. The largest absolute Gasteiger partial charge is 0.317 e. The third-order valence-electron chi connectivity index (χ3n) is 4.24. The van der Waals surface area contributed by atoms with Gasteiger partial charge in [0.25, 0.3) is 5.91 Å². The van der Waals surface area contributed by atoms with Crippen LogP contribution < -0.4 is 10.6 Å². The average molecular weight is 347 g/mol. The van der Waals surface area contributed by atoms with Crippen molar-refractivity contribution in [3.05, 3.63) is 28.5 Å². The highest BCUT2D eigenvalue weighted by molar-refractivity contribution is 7.15. The second-order valence-corrected chi connectivity index (χ2v) is 8.36. The summed E-state index contributed by atoms with van der Waals surface area (Å²) >= 11 is 1.57. The number of hydrogen-bond donors (Lipinski definition) is 2. The Hall–Kier alpha value is -1.73. The number of anilines is 1. The van der Waals surface area contributed by atoms with E-state index in [2.05, 4.69) is 41.5 Å². The molecular weight excluding hydrogens is 322 g/mol. The number of carbonyl (C=O) groups is 1. The Morgan fingerprint density at radius 1 is 1.38 bits per heavy atom. The highest BCUT2D eigenvalue weighted by Crippen LogP contribution is 2.31. The van der Waals surface area contributed by atoms with Crippen molar-refractivity contribution in [3.63, 3.8) is 0 Å². The van der Waals surface area contributed by atoms with Crippen molar-refractivity contribution < 1.29 is 4.79 Å². The normalized spacial score (nSPS) is 16.3. The third kappa shape index (κ3) is 3.67. The molecule has 0 atom stereocenters. The molecule has 7 heteroatoms. The van der Waals surface area contributed by atoms with E-state index in [-0.39, 0.29) is 11.4 Å². The molecule has 1 fully saturated rings. The fourth-order valence-electron chi connectivity index (χ4n) is 3.07. The minimum atomic E-state index is -0.202. The molecule has 3 heterocycles. The molecule has 2 N–H and O–H groups in total. The number of piperidine rings is 1. The van der Waals surface area contributed by atoms with E-state index in [0.717, 1.165) is 31.6 Å². The molecule has 0 radical (unpaired) electrons. The Balaban J connectivity index is 1.70. The molecular formula is C17H25N5OS. The predicted octanol–water partition coefficient (Wildman–Crippen LogP) is 3.12. The Kier molecular flexibility index (Phi) is 4.73. The topological polar surface area (TPSA) is 71.8 Å². The summed E-state index contributed by atoms with van der Waals surface area (Å²) in [6.07, 6.45) is 4.16. The zero-order valence-corrected chi connectivity index (χ0v) is 15.5. The summed E-state index contributed by atoms with van der Waals surface area (Å²) in [5.41, 5.74) is 1.26. The molecule has 1 saturated heterocycles. The lowest BCUT2D eigenvalue weighted by molar-refractivity contribution is 0.102. The van der Waals surface area contributed by atoms with Gasteiger partial charge in [0, 0.05) is 16.8 Å². The van der Waals surface area contributed by atoms with Crippen LogP contribution in [-0.4, -0.2) is 33.8 Å². The van der Waals surface area contributed by atoms with E-state index >= 15 is 0 Å². The minimum Gasteiger partial charge on any atom is -0.317 e. The van der Waals surface area contributed by atoms with E-state index in [9.17, 15) is 4.79 Å². The number of amides is 1.